The van der Waals surface area contributed by atoms with Crippen molar-refractivity contribution >= 4 is 33.3 Å². The summed E-state index contributed by atoms with van der Waals surface area (Å²) < 4.78 is 0. The van der Waals surface area contributed by atoms with Gasteiger partial charge in [0.25, 0.3) is 0 Å². The normalized spacial score (nSPS) is 22.4. The van der Waals surface area contributed by atoms with Crippen molar-refractivity contribution in [2.75, 3.05) is 24.2 Å². The lowest BCUT2D eigenvalue weighted by Crippen LogP contribution is -2.21. The molecule has 0 atom stereocenters. The monoisotopic (exact) mass is 304 g/mol. The fourth-order valence-corrected chi connectivity index (χ4v) is 3.95. The van der Waals surface area contributed by atoms with Crippen molar-refractivity contribution < 1.29 is 0 Å². The Morgan fingerprint density at radius 3 is 2.67 bits per heavy atom. The number of thiophene rings is 1. The number of nitrogens with zero attached hydrogens (tertiary/aromatic N) is 2. The Balaban J connectivity index is 1.66. The van der Waals surface area contributed by atoms with Crippen molar-refractivity contribution in [1.82, 2.24) is 9.97 Å². The van der Waals surface area contributed by atoms with Gasteiger partial charge in [-0.25, -0.2) is 4.98 Å². The zero-order valence-electron chi connectivity index (χ0n) is 12.9. The smallest absolute Gasteiger partial charge is 0.225 e. The van der Waals surface area contributed by atoms with Crippen molar-refractivity contribution in [3.05, 3.63) is 11.4 Å². The van der Waals surface area contributed by atoms with Crippen LogP contribution in [0, 0.1) is 11.8 Å². The molecule has 1 aliphatic rings. The summed E-state index contributed by atoms with van der Waals surface area (Å²) in [6.45, 7) is 3.35. The van der Waals surface area contributed by atoms with Crippen LogP contribution in [0.4, 0.5) is 11.8 Å². The topological polar surface area (TPSA) is 49.8 Å². The van der Waals surface area contributed by atoms with Crippen molar-refractivity contribution in [2.24, 2.45) is 11.8 Å². The number of rotatable bonds is 5. The average molecular weight is 304 g/mol. The Labute approximate surface area is 130 Å². The Bertz CT molecular complexity index is 587. The highest BCUT2D eigenvalue weighted by molar-refractivity contribution is 7.16. The van der Waals surface area contributed by atoms with E-state index in [9.17, 15) is 0 Å². The van der Waals surface area contributed by atoms with Gasteiger partial charge in [0.2, 0.25) is 5.95 Å². The standard InChI is InChI=1S/C16H24N4S/c1-3-11-4-6-12(7-5-11)10-18-14-13-8-9-21-15(13)20-16(17-2)19-14/h8-9,11-12H,3-7,10H2,1-2H3,(H2,17,18,19,20). The largest absolute Gasteiger partial charge is 0.369 e. The van der Waals surface area contributed by atoms with Crippen LogP contribution in [0.3, 0.4) is 0 Å². The quantitative estimate of drug-likeness (QED) is 0.861. The van der Waals surface area contributed by atoms with Gasteiger partial charge in [-0.1, -0.05) is 26.2 Å². The van der Waals surface area contributed by atoms with Gasteiger partial charge in [0.15, 0.2) is 0 Å². The minimum absolute atomic E-state index is 0.696. The summed E-state index contributed by atoms with van der Waals surface area (Å²) in [6.07, 6.45) is 6.82. The third kappa shape index (κ3) is 3.28. The first-order valence-corrected chi connectivity index (χ1v) is 8.85. The molecule has 2 N–H and O–H groups in total. The van der Waals surface area contributed by atoms with Gasteiger partial charge in [-0.3, -0.25) is 0 Å². The van der Waals surface area contributed by atoms with Gasteiger partial charge in [0, 0.05) is 13.6 Å². The Morgan fingerprint density at radius 2 is 1.95 bits per heavy atom. The van der Waals surface area contributed by atoms with Crippen molar-refractivity contribution in [1.29, 1.82) is 0 Å². The molecule has 4 nitrogen and oxygen atoms in total. The summed E-state index contributed by atoms with van der Waals surface area (Å²) in [5.41, 5.74) is 0. The predicted octanol–water partition coefficient (Wildman–Crippen LogP) is 4.36. The lowest BCUT2D eigenvalue weighted by molar-refractivity contribution is 0.278. The first-order valence-electron chi connectivity index (χ1n) is 7.97. The van der Waals surface area contributed by atoms with Crippen LogP contribution in [0.25, 0.3) is 10.2 Å². The van der Waals surface area contributed by atoms with E-state index in [0.717, 1.165) is 34.4 Å². The fraction of sp³-hybridized carbons (Fsp3) is 0.625. The van der Waals surface area contributed by atoms with Crippen LogP contribution in [-0.2, 0) is 0 Å². The number of nitrogens with one attached hydrogen (secondary N) is 2. The second-order valence-electron chi connectivity index (χ2n) is 5.96. The first kappa shape index (κ1) is 14.6. The van der Waals surface area contributed by atoms with Gasteiger partial charge >= 0.3 is 0 Å². The van der Waals surface area contributed by atoms with Crippen molar-refractivity contribution in [2.45, 2.75) is 39.0 Å². The second kappa shape index (κ2) is 6.60. The highest BCUT2D eigenvalue weighted by atomic mass is 32.1. The van der Waals surface area contributed by atoms with Crippen LogP contribution in [0.15, 0.2) is 11.4 Å². The molecule has 2 aromatic heterocycles. The summed E-state index contributed by atoms with van der Waals surface area (Å²) in [5.74, 6) is 3.42. The second-order valence-corrected chi connectivity index (χ2v) is 6.86. The van der Waals surface area contributed by atoms with E-state index in [1.165, 1.54) is 32.1 Å². The van der Waals surface area contributed by atoms with Gasteiger partial charge in [0.05, 0.1) is 5.39 Å². The number of aromatic nitrogens is 2. The molecule has 1 fully saturated rings. The van der Waals surface area contributed by atoms with E-state index in [1.54, 1.807) is 11.3 Å². The zero-order chi connectivity index (χ0) is 14.7. The zero-order valence-corrected chi connectivity index (χ0v) is 13.7. The van der Waals surface area contributed by atoms with Gasteiger partial charge < -0.3 is 10.6 Å². The molecule has 0 spiro atoms. The van der Waals surface area contributed by atoms with Crippen molar-refractivity contribution in [3.8, 4) is 0 Å². The average Bonchev–Trinajstić information content (AvgIpc) is 3.01. The molecule has 0 bridgehead atoms. The maximum absolute atomic E-state index is 4.58. The number of anilines is 2. The predicted molar refractivity (Wildman–Crippen MR) is 91.2 cm³/mol. The minimum atomic E-state index is 0.696. The van der Waals surface area contributed by atoms with E-state index in [2.05, 4.69) is 39.0 Å². The lowest BCUT2D eigenvalue weighted by Gasteiger charge is -2.28. The molecule has 0 radical (unpaired) electrons. The summed E-state index contributed by atoms with van der Waals surface area (Å²) in [4.78, 5) is 10.1. The van der Waals surface area contributed by atoms with Crippen LogP contribution < -0.4 is 10.6 Å². The molecule has 0 amide bonds. The van der Waals surface area contributed by atoms with E-state index in [4.69, 9.17) is 0 Å². The Morgan fingerprint density at radius 1 is 1.19 bits per heavy atom. The van der Waals surface area contributed by atoms with E-state index in [0.29, 0.717) is 5.95 Å². The molecule has 0 saturated heterocycles. The van der Waals surface area contributed by atoms with Gasteiger partial charge in [0.1, 0.15) is 10.6 Å². The van der Waals surface area contributed by atoms with Crippen LogP contribution in [-0.4, -0.2) is 23.6 Å². The lowest BCUT2D eigenvalue weighted by atomic mass is 9.81. The fourth-order valence-electron chi connectivity index (χ4n) is 3.19. The Hall–Kier alpha value is -1.36. The third-order valence-electron chi connectivity index (χ3n) is 4.65. The summed E-state index contributed by atoms with van der Waals surface area (Å²) in [6, 6.07) is 2.11. The van der Waals surface area contributed by atoms with E-state index in [-0.39, 0.29) is 0 Å². The summed E-state index contributed by atoms with van der Waals surface area (Å²) in [7, 11) is 1.87. The molecule has 21 heavy (non-hydrogen) atoms. The van der Waals surface area contributed by atoms with Gasteiger partial charge in [-0.05, 0) is 36.1 Å². The van der Waals surface area contributed by atoms with Crippen LogP contribution in [0.5, 0.6) is 0 Å². The third-order valence-corrected chi connectivity index (χ3v) is 5.46. The van der Waals surface area contributed by atoms with E-state index >= 15 is 0 Å². The van der Waals surface area contributed by atoms with E-state index < -0.39 is 0 Å². The molecule has 0 aromatic carbocycles. The SMILES string of the molecule is CCC1CCC(CNc2nc(NC)nc3sccc23)CC1. The summed E-state index contributed by atoms with van der Waals surface area (Å²) >= 11 is 1.66. The highest BCUT2D eigenvalue weighted by Crippen LogP contribution is 2.31. The molecular formula is C16H24N4S. The van der Waals surface area contributed by atoms with Crippen LogP contribution >= 0.6 is 11.3 Å². The van der Waals surface area contributed by atoms with Crippen LogP contribution in [0.1, 0.15) is 39.0 Å². The molecular weight excluding hydrogens is 280 g/mol. The molecule has 114 valence electrons. The van der Waals surface area contributed by atoms with Crippen molar-refractivity contribution in [3.63, 3.8) is 0 Å². The number of hydrogen-bond donors (Lipinski definition) is 2. The molecule has 3 rings (SSSR count). The highest BCUT2D eigenvalue weighted by Gasteiger charge is 2.20. The molecule has 2 heterocycles. The van der Waals surface area contributed by atoms with Gasteiger partial charge in [-0.15, -0.1) is 11.3 Å². The molecule has 5 heteroatoms. The minimum Gasteiger partial charge on any atom is -0.369 e. The Kier molecular flexibility index (Phi) is 4.58. The molecule has 0 aliphatic heterocycles. The molecule has 1 aliphatic carbocycles. The van der Waals surface area contributed by atoms with E-state index in [1.807, 2.05) is 7.05 Å². The molecule has 1 saturated carbocycles. The van der Waals surface area contributed by atoms with Gasteiger partial charge in [-0.2, -0.15) is 4.98 Å². The maximum atomic E-state index is 4.58. The summed E-state index contributed by atoms with van der Waals surface area (Å²) in [5, 5.41) is 9.83. The molecule has 0 unspecified atom stereocenters. The van der Waals surface area contributed by atoms with Crippen LogP contribution in [0.2, 0.25) is 0 Å². The molecule has 2 aromatic rings. The number of fused-ring (bicyclic) bond motifs is 1. The number of hydrogen-bond acceptors (Lipinski definition) is 5. The first-order chi connectivity index (χ1) is 10.3. The maximum Gasteiger partial charge on any atom is 0.225 e.